The third-order valence-corrected chi connectivity index (χ3v) is 4.04. The monoisotopic (exact) mass is 332 g/mol. The molecule has 1 atom stereocenters. The molecular weight excluding hydrogens is 312 g/mol. The Balaban J connectivity index is 0.00000192. The summed E-state index contributed by atoms with van der Waals surface area (Å²) < 4.78 is 5.30. The molecule has 0 unspecified atom stereocenters. The number of fused-ring (bicyclic) bond motifs is 1. The van der Waals surface area contributed by atoms with E-state index in [1.165, 1.54) is 11.1 Å². The molecule has 1 aliphatic heterocycles. The molecular formula is C18H21ClN2O2. The van der Waals surface area contributed by atoms with Crippen molar-refractivity contribution in [2.24, 2.45) is 0 Å². The highest BCUT2D eigenvalue weighted by Gasteiger charge is 2.23. The summed E-state index contributed by atoms with van der Waals surface area (Å²) in [6, 6.07) is 15.8. The summed E-state index contributed by atoms with van der Waals surface area (Å²) in [7, 11) is 1.64. The Kier molecular flexibility index (Phi) is 6.02. The molecule has 4 nitrogen and oxygen atoms in total. The van der Waals surface area contributed by atoms with Crippen molar-refractivity contribution >= 4 is 18.3 Å². The van der Waals surface area contributed by atoms with Crippen LogP contribution in [0, 0.1) is 0 Å². The Bertz CT molecular complexity index is 676. The molecule has 0 bridgehead atoms. The smallest absolute Gasteiger partial charge is 0.237 e. The van der Waals surface area contributed by atoms with Crippen molar-refractivity contribution in [3.8, 4) is 5.75 Å². The van der Waals surface area contributed by atoms with Crippen LogP contribution in [0.25, 0.3) is 0 Å². The second-order valence-corrected chi connectivity index (χ2v) is 5.44. The molecule has 1 heterocycles. The van der Waals surface area contributed by atoms with Crippen LogP contribution < -0.4 is 15.4 Å². The summed E-state index contributed by atoms with van der Waals surface area (Å²) >= 11 is 0. The van der Waals surface area contributed by atoms with Gasteiger partial charge in [0, 0.05) is 18.7 Å². The van der Waals surface area contributed by atoms with E-state index in [0.29, 0.717) is 6.54 Å². The van der Waals surface area contributed by atoms with E-state index in [0.717, 1.165) is 24.3 Å². The SMILES string of the molecule is COc1ccccc1CNC(=O)[C@@H]1Cc2ccccc2CN1.Cl. The van der Waals surface area contributed by atoms with E-state index < -0.39 is 0 Å². The number of nitrogens with one attached hydrogen (secondary N) is 2. The molecule has 0 saturated heterocycles. The topological polar surface area (TPSA) is 50.4 Å². The highest BCUT2D eigenvalue weighted by molar-refractivity contribution is 5.85. The zero-order valence-electron chi connectivity index (χ0n) is 13.0. The van der Waals surface area contributed by atoms with Crippen LogP contribution in [0.4, 0.5) is 0 Å². The summed E-state index contributed by atoms with van der Waals surface area (Å²) in [5.41, 5.74) is 3.50. The first-order valence-electron chi connectivity index (χ1n) is 7.47. The van der Waals surface area contributed by atoms with Crippen LogP contribution in [0.15, 0.2) is 48.5 Å². The normalized spacial score (nSPS) is 16.0. The number of hydrogen-bond acceptors (Lipinski definition) is 3. The van der Waals surface area contributed by atoms with E-state index in [9.17, 15) is 4.79 Å². The Hall–Kier alpha value is -2.04. The van der Waals surface area contributed by atoms with Gasteiger partial charge in [0.2, 0.25) is 5.91 Å². The number of ether oxygens (including phenoxy) is 1. The molecule has 5 heteroatoms. The summed E-state index contributed by atoms with van der Waals surface area (Å²) in [5, 5.41) is 6.29. The number of carbonyl (C=O) groups is 1. The van der Waals surface area contributed by atoms with Crippen LogP contribution in [-0.2, 0) is 24.3 Å². The van der Waals surface area contributed by atoms with Crippen LogP contribution in [0.2, 0.25) is 0 Å². The quantitative estimate of drug-likeness (QED) is 0.904. The Labute approximate surface area is 142 Å². The lowest BCUT2D eigenvalue weighted by atomic mass is 9.95. The van der Waals surface area contributed by atoms with Crippen molar-refractivity contribution in [3.63, 3.8) is 0 Å². The van der Waals surface area contributed by atoms with Gasteiger partial charge in [-0.15, -0.1) is 12.4 Å². The van der Waals surface area contributed by atoms with Gasteiger partial charge in [-0.1, -0.05) is 42.5 Å². The average molecular weight is 333 g/mol. The predicted octanol–water partition coefficient (Wildman–Crippen LogP) is 2.45. The van der Waals surface area contributed by atoms with Gasteiger partial charge in [-0.25, -0.2) is 0 Å². The van der Waals surface area contributed by atoms with Crippen molar-refractivity contribution in [3.05, 3.63) is 65.2 Å². The Morgan fingerprint density at radius 2 is 1.87 bits per heavy atom. The van der Waals surface area contributed by atoms with Crippen molar-refractivity contribution < 1.29 is 9.53 Å². The molecule has 1 aliphatic rings. The molecule has 0 fully saturated rings. The van der Waals surface area contributed by atoms with Gasteiger partial charge in [0.1, 0.15) is 5.75 Å². The molecule has 1 amide bonds. The number of para-hydroxylation sites is 1. The second-order valence-electron chi connectivity index (χ2n) is 5.44. The summed E-state index contributed by atoms with van der Waals surface area (Å²) in [5.74, 6) is 0.824. The Morgan fingerprint density at radius 3 is 2.65 bits per heavy atom. The van der Waals surface area contributed by atoms with Gasteiger partial charge in [0.25, 0.3) is 0 Å². The number of carbonyl (C=O) groups excluding carboxylic acids is 1. The van der Waals surface area contributed by atoms with Crippen LogP contribution in [-0.4, -0.2) is 19.1 Å². The fraction of sp³-hybridized carbons (Fsp3) is 0.278. The number of amides is 1. The predicted molar refractivity (Wildman–Crippen MR) is 92.9 cm³/mol. The second kappa shape index (κ2) is 7.99. The highest BCUT2D eigenvalue weighted by atomic mass is 35.5. The standard InChI is InChI=1S/C18H20N2O2.ClH/c1-22-17-9-5-4-8-15(17)12-20-18(21)16-10-13-6-2-3-7-14(13)11-19-16;/h2-9,16,19H,10-12H2,1H3,(H,20,21);1H/t16-;/m0./s1. The molecule has 122 valence electrons. The van der Waals surface area contributed by atoms with Gasteiger partial charge < -0.3 is 15.4 Å². The van der Waals surface area contributed by atoms with E-state index in [1.807, 2.05) is 36.4 Å². The maximum absolute atomic E-state index is 12.4. The maximum atomic E-state index is 12.4. The number of hydrogen-bond donors (Lipinski definition) is 2. The van der Waals surface area contributed by atoms with Gasteiger partial charge in [-0.2, -0.15) is 0 Å². The third-order valence-electron chi connectivity index (χ3n) is 4.04. The summed E-state index contributed by atoms with van der Waals surface area (Å²) in [6.07, 6.45) is 0.730. The first-order chi connectivity index (χ1) is 10.8. The first-order valence-corrected chi connectivity index (χ1v) is 7.47. The summed E-state index contributed by atoms with van der Waals surface area (Å²) in [4.78, 5) is 12.4. The van der Waals surface area contributed by atoms with E-state index in [2.05, 4.69) is 22.8 Å². The molecule has 2 aromatic rings. The summed E-state index contributed by atoms with van der Waals surface area (Å²) in [6.45, 7) is 1.21. The van der Waals surface area contributed by atoms with Gasteiger partial charge >= 0.3 is 0 Å². The van der Waals surface area contributed by atoms with E-state index in [-0.39, 0.29) is 24.4 Å². The molecule has 0 saturated carbocycles. The number of benzene rings is 2. The van der Waals surface area contributed by atoms with Gasteiger partial charge in [-0.05, 0) is 23.6 Å². The van der Waals surface area contributed by atoms with E-state index in [1.54, 1.807) is 7.11 Å². The van der Waals surface area contributed by atoms with Crippen molar-refractivity contribution in [2.45, 2.75) is 25.6 Å². The lowest BCUT2D eigenvalue weighted by Crippen LogP contribution is -2.47. The molecule has 0 radical (unpaired) electrons. The van der Waals surface area contributed by atoms with E-state index in [4.69, 9.17) is 4.74 Å². The van der Waals surface area contributed by atoms with Crippen LogP contribution >= 0.6 is 12.4 Å². The van der Waals surface area contributed by atoms with Crippen LogP contribution in [0.1, 0.15) is 16.7 Å². The fourth-order valence-corrected chi connectivity index (χ4v) is 2.79. The average Bonchev–Trinajstić information content (AvgIpc) is 2.59. The first kappa shape index (κ1) is 17.3. The molecule has 0 spiro atoms. The zero-order chi connectivity index (χ0) is 15.4. The number of methoxy groups -OCH3 is 1. The van der Waals surface area contributed by atoms with E-state index >= 15 is 0 Å². The maximum Gasteiger partial charge on any atom is 0.237 e. The lowest BCUT2D eigenvalue weighted by molar-refractivity contribution is -0.123. The third kappa shape index (κ3) is 4.03. The number of halogens is 1. The lowest BCUT2D eigenvalue weighted by Gasteiger charge is -2.25. The molecule has 0 aliphatic carbocycles. The zero-order valence-corrected chi connectivity index (χ0v) is 13.9. The molecule has 3 rings (SSSR count). The minimum absolute atomic E-state index is 0. The minimum Gasteiger partial charge on any atom is -0.496 e. The van der Waals surface area contributed by atoms with Crippen molar-refractivity contribution in [1.82, 2.24) is 10.6 Å². The Morgan fingerprint density at radius 1 is 1.17 bits per heavy atom. The number of rotatable bonds is 4. The fourth-order valence-electron chi connectivity index (χ4n) is 2.79. The molecule has 0 aromatic heterocycles. The largest absolute Gasteiger partial charge is 0.496 e. The molecule has 23 heavy (non-hydrogen) atoms. The molecule has 2 aromatic carbocycles. The highest BCUT2D eigenvalue weighted by Crippen LogP contribution is 2.18. The van der Waals surface area contributed by atoms with Crippen LogP contribution in [0.3, 0.4) is 0 Å². The van der Waals surface area contributed by atoms with Gasteiger partial charge in [-0.3, -0.25) is 4.79 Å². The van der Waals surface area contributed by atoms with Crippen LogP contribution in [0.5, 0.6) is 5.75 Å². The minimum atomic E-state index is -0.176. The van der Waals surface area contributed by atoms with Crippen molar-refractivity contribution in [1.29, 1.82) is 0 Å². The van der Waals surface area contributed by atoms with Gasteiger partial charge in [0.05, 0.1) is 13.2 Å². The van der Waals surface area contributed by atoms with Gasteiger partial charge in [0.15, 0.2) is 0 Å². The van der Waals surface area contributed by atoms with Crippen molar-refractivity contribution in [2.75, 3.05) is 7.11 Å². The molecule has 2 N–H and O–H groups in total.